The van der Waals surface area contributed by atoms with Crippen molar-refractivity contribution in [2.24, 2.45) is 5.92 Å². The highest BCUT2D eigenvalue weighted by atomic mass is 15.3. The average Bonchev–Trinajstić information content (AvgIpc) is 2.20. The summed E-state index contributed by atoms with van der Waals surface area (Å²) < 4.78 is 0. The molecule has 0 spiro atoms. The summed E-state index contributed by atoms with van der Waals surface area (Å²) in [6.45, 7) is 5.62. The molecule has 2 heterocycles. The maximum Gasteiger partial charge on any atom is 0.151 e. The van der Waals surface area contributed by atoms with E-state index in [1.165, 1.54) is 12.8 Å². The minimum Gasteiger partial charge on any atom is -0.382 e. The van der Waals surface area contributed by atoms with E-state index in [9.17, 15) is 0 Å². The third-order valence-corrected chi connectivity index (χ3v) is 3.10. The van der Waals surface area contributed by atoms with Crippen LogP contribution in [0.15, 0.2) is 12.1 Å². The van der Waals surface area contributed by atoms with Crippen molar-refractivity contribution in [2.75, 3.05) is 17.2 Å². The van der Waals surface area contributed by atoms with Gasteiger partial charge >= 0.3 is 0 Å². The Kier molecular flexibility index (Phi) is 2.75. The van der Waals surface area contributed by atoms with Gasteiger partial charge in [0.2, 0.25) is 0 Å². The number of anilines is 2. The van der Waals surface area contributed by atoms with Crippen LogP contribution in [0.5, 0.6) is 0 Å². The topological polar surface area (TPSA) is 55.0 Å². The second-order valence-electron chi connectivity index (χ2n) is 4.49. The number of nitrogens with two attached hydrogens (primary N) is 1. The van der Waals surface area contributed by atoms with Crippen molar-refractivity contribution in [2.45, 2.75) is 32.7 Å². The lowest BCUT2D eigenvalue weighted by molar-refractivity contribution is 0.375. The van der Waals surface area contributed by atoms with Crippen LogP contribution in [-0.2, 0) is 0 Å². The van der Waals surface area contributed by atoms with E-state index in [0.29, 0.717) is 11.9 Å². The molecule has 1 saturated heterocycles. The van der Waals surface area contributed by atoms with Crippen LogP contribution in [-0.4, -0.2) is 22.8 Å². The van der Waals surface area contributed by atoms with Gasteiger partial charge in [0.15, 0.2) is 5.82 Å². The van der Waals surface area contributed by atoms with Crippen LogP contribution in [0.2, 0.25) is 0 Å². The highest BCUT2D eigenvalue weighted by Crippen LogP contribution is 2.25. The van der Waals surface area contributed by atoms with Crippen LogP contribution in [0.4, 0.5) is 11.6 Å². The molecule has 4 nitrogen and oxygen atoms in total. The number of nitrogens with zero attached hydrogens (tertiary/aromatic N) is 3. The van der Waals surface area contributed by atoms with E-state index in [4.69, 9.17) is 5.73 Å². The minimum absolute atomic E-state index is 0.483. The van der Waals surface area contributed by atoms with Gasteiger partial charge < -0.3 is 10.6 Å². The Balaban J connectivity index is 2.13. The predicted octanol–water partition coefficient (Wildman–Crippen LogP) is 1.68. The van der Waals surface area contributed by atoms with Gasteiger partial charge in [-0.2, -0.15) is 0 Å². The van der Waals surface area contributed by atoms with Crippen molar-refractivity contribution in [1.29, 1.82) is 0 Å². The number of rotatable bonds is 1. The first-order chi connectivity index (χ1) is 7.16. The normalized spacial score (nSPS) is 26.7. The first-order valence-corrected chi connectivity index (χ1v) is 5.52. The molecule has 0 bridgehead atoms. The number of hydrogen-bond donors (Lipinski definition) is 1. The summed E-state index contributed by atoms with van der Waals surface area (Å²) in [5, 5.41) is 8.02. The fraction of sp³-hybridized carbons (Fsp3) is 0.636. The zero-order chi connectivity index (χ0) is 10.8. The van der Waals surface area contributed by atoms with E-state index in [0.717, 1.165) is 18.3 Å². The molecule has 82 valence electrons. The summed E-state index contributed by atoms with van der Waals surface area (Å²) in [7, 11) is 0. The monoisotopic (exact) mass is 206 g/mol. The van der Waals surface area contributed by atoms with Gasteiger partial charge in [0.05, 0.1) is 0 Å². The van der Waals surface area contributed by atoms with Gasteiger partial charge in [-0.15, -0.1) is 10.2 Å². The predicted molar refractivity (Wildman–Crippen MR) is 61.7 cm³/mol. The number of piperidine rings is 1. The summed E-state index contributed by atoms with van der Waals surface area (Å²) in [6, 6.07) is 4.31. The fourth-order valence-corrected chi connectivity index (χ4v) is 2.24. The van der Waals surface area contributed by atoms with E-state index in [1.807, 2.05) is 12.1 Å². The number of hydrogen-bond acceptors (Lipinski definition) is 4. The third-order valence-electron chi connectivity index (χ3n) is 3.10. The molecule has 1 aliphatic heterocycles. The molecule has 1 aliphatic rings. The van der Waals surface area contributed by atoms with Gasteiger partial charge in [-0.1, -0.05) is 6.92 Å². The van der Waals surface area contributed by atoms with Crippen molar-refractivity contribution in [1.82, 2.24) is 10.2 Å². The van der Waals surface area contributed by atoms with Crippen LogP contribution in [0.3, 0.4) is 0 Å². The molecule has 0 amide bonds. The Morgan fingerprint density at radius 3 is 2.73 bits per heavy atom. The van der Waals surface area contributed by atoms with E-state index < -0.39 is 0 Å². The Bertz CT molecular complexity index is 322. The standard InChI is InChI=1S/C11H18N4/c1-8-5-6-15(9(2)7-8)11-4-3-10(12)13-14-11/h3-4,8-9H,5-7H2,1-2H3,(H2,12,13). The highest BCUT2D eigenvalue weighted by molar-refractivity contribution is 5.42. The van der Waals surface area contributed by atoms with Crippen molar-refractivity contribution in [3.63, 3.8) is 0 Å². The first kappa shape index (κ1) is 10.2. The molecule has 0 saturated carbocycles. The molecule has 1 fully saturated rings. The maximum absolute atomic E-state index is 5.52. The molecule has 0 aromatic carbocycles. The van der Waals surface area contributed by atoms with Gasteiger partial charge in [-0.25, -0.2) is 0 Å². The quantitative estimate of drug-likeness (QED) is 0.759. The van der Waals surface area contributed by atoms with Gasteiger partial charge in [0, 0.05) is 12.6 Å². The fourth-order valence-electron chi connectivity index (χ4n) is 2.24. The first-order valence-electron chi connectivity index (χ1n) is 5.52. The molecule has 2 rings (SSSR count). The third kappa shape index (κ3) is 2.19. The molecule has 2 atom stereocenters. The van der Waals surface area contributed by atoms with Crippen molar-refractivity contribution < 1.29 is 0 Å². The molecule has 1 aromatic rings. The van der Waals surface area contributed by atoms with Crippen molar-refractivity contribution >= 4 is 11.6 Å². The molecule has 2 unspecified atom stereocenters. The van der Waals surface area contributed by atoms with Crippen LogP contribution < -0.4 is 10.6 Å². The molecule has 0 radical (unpaired) electrons. The molecular formula is C11H18N4. The van der Waals surface area contributed by atoms with E-state index >= 15 is 0 Å². The van der Waals surface area contributed by atoms with Crippen LogP contribution >= 0.6 is 0 Å². The van der Waals surface area contributed by atoms with E-state index in [1.54, 1.807) is 0 Å². The Hall–Kier alpha value is -1.32. The smallest absolute Gasteiger partial charge is 0.151 e. The lowest BCUT2D eigenvalue weighted by Gasteiger charge is -2.37. The lowest BCUT2D eigenvalue weighted by Crippen LogP contribution is -2.40. The van der Waals surface area contributed by atoms with Gasteiger partial charge in [-0.05, 0) is 37.8 Å². The molecule has 2 N–H and O–H groups in total. The summed E-state index contributed by atoms with van der Waals surface area (Å²) in [6.07, 6.45) is 2.46. The Morgan fingerprint density at radius 2 is 2.13 bits per heavy atom. The summed E-state index contributed by atoms with van der Waals surface area (Å²) >= 11 is 0. The van der Waals surface area contributed by atoms with Crippen LogP contribution in [0.1, 0.15) is 26.7 Å². The van der Waals surface area contributed by atoms with Crippen LogP contribution in [0.25, 0.3) is 0 Å². The summed E-state index contributed by atoms with van der Waals surface area (Å²) in [4.78, 5) is 2.31. The molecule has 1 aromatic heterocycles. The molecule has 15 heavy (non-hydrogen) atoms. The maximum atomic E-state index is 5.52. The Morgan fingerprint density at radius 1 is 1.33 bits per heavy atom. The van der Waals surface area contributed by atoms with E-state index in [-0.39, 0.29) is 0 Å². The van der Waals surface area contributed by atoms with Crippen molar-refractivity contribution in [3.8, 4) is 0 Å². The molecule has 4 heteroatoms. The lowest BCUT2D eigenvalue weighted by atomic mass is 9.93. The SMILES string of the molecule is CC1CCN(c2ccc(N)nn2)C(C)C1. The number of nitrogen functional groups attached to an aromatic ring is 1. The second kappa shape index (κ2) is 4.04. The average molecular weight is 206 g/mol. The second-order valence-corrected chi connectivity index (χ2v) is 4.49. The number of aromatic nitrogens is 2. The largest absolute Gasteiger partial charge is 0.382 e. The Labute approximate surface area is 90.5 Å². The van der Waals surface area contributed by atoms with E-state index in [2.05, 4.69) is 28.9 Å². The van der Waals surface area contributed by atoms with Gasteiger partial charge in [0.1, 0.15) is 5.82 Å². The summed E-state index contributed by atoms with van der Waals surface area (Å²) in [5.41, 5.74) is 5.52. The molecule has 0 aliphatic carbocycles. The van der Waals surface area contributed by atoms with Gasteiger partial charge in [0.25, 0.3) is 0 Å². The highest BCUT2D eigenvalue weighted by Gasteiger charge is 2.23. The van der Waals surface area contributed by atoms with Gasteiger partial charge in [-0.3, -0.25) is 0 Å². The van der Waals surface area contributed by atoms with Crippen molar-refractivity contribution in [3.05, 3.63) is 12.1 Å². The zero-order valence-electron chi connectivity index (χ0n) is 9.35. The van der Waals surface area contributed by atoms with Crippen LogP contribution in [0, 0.1) is 5.92 Å². The molecular weight excluding hydrogens is 188 g/mol. The summed E-state index contributed by atoms with van der Waals surface area (Å²) in [5.74, 6) is 2.25. The zero-order valence-corrected chi connectivity index (χ0v) is 9.35. The minimum atomic E-state index is 0.483.